The molecule has 0 bridgehead atoms. The molecule has 0 radical (unpaired) electrons. The van der Waals surface area contributed by atoms with Gasteiger partial charge in [-0.15, -0.1) is 0 Å². The maximum absolute atomic E-state index is 9.41. The van der Waals surface area contributed by atoms with Gasteiger partial charge in [0.25, 0.3) is 0 Å². The molecule has 1 aliphatic carbocycles. The van der Waals surface area contributed by atoms with Crippen molar-refractivity contribution >= 4 is 5.96 Å². The van der Waals surface area contributed by atoms with E-state index in [1.807, 2.05) is 0 Å². The van der Waals surface area contributed by atoms with E-state index in [-0.39, 0.29) is 12.0 Å². The number of guanidine groups is 1. The van der Waals surface area contributed by atoms with Gasteiger partial charge in [-0.1, -0.05) is 26.7 Å². The quantitative estimate of drug-likeness (QED) is 0.441. The molecule has 5 nitrogen and oxygen atoms in total. The van der Waals surface area contributed by atoms with Crippen molar-refractivity contribution in [1.29, 1.82) is 0 Å². The number of aliphatic hydroxyl groups excluding tert-OH is 1. The molecule has 3 N–H and O–H groups in total. The van der Waals surface area contributed by atoms with Crippen LogP contribution in [0.2, 0.25) is 0 Å². The number of hydrogen-bond acceptors (Lipinski definition) is 3. The highest BCUT2D eigenvalue weighted by molar-refractivity contribution is 5.80. The number of nitrogens with zero attached hydrogens (tertiary/aromatic N) is 2. The first-order valence-corrected chi connectivity index (χ1v) is 10.6. The standard InChI is InChI=1S/C20H40N4O/c1-4-20(5-2,12-14-25)16-22-19(21-6-3)23-17-11-13-24(15-17)18-9-7-8-10-18/h17-18,25H,4-16H2,1-3H3,(H2,21,22,23). The second-order valence-corrected chi connectivity index (χ2v) is 7.94. The lowest BCUT2D eigenvalue weighted by atomic mass is 9.79. The summed E-state index contributed by atoms with van der Waals surface area (Å²) in [6.45, 7) is 10.8. The summed E-state index contributed by atoms with van der Waals surface area (Å²) in [5.41, 5.74) is 0.128. The van der Waals surface area contributed by atoms with Gasteiger partial charge in [-0.05, 0) is 50.9 Å². The van der Waals surface area contributed by atoms with E-state index < -0.39 is 0 Å². The Hall–Kier alpha value is -0.810. The van der Waals surface area contributed by atoms with Crippen molar-refractivity contribution in [2.24, 2.45) is 10.4 Å². The van der Waals surface area contributed by atoms with Gasteiger partial charge in [0.2, 0.25) is 0 Å². The van der Waals surface area contributed by atoms with Crippen molar-refractivity contribution in [3.8, 4) is 0 Å². The molecule has 0 amide bonds. The average molecular weight is 353 g/mol. The van der Waals surface area contributed by atoms with Gasteiger partial charge in [0.1, 0.15) is 0 Å². The van der Waals surface area contributed by atoms with E-state index >= 15 is 0 Å². The molecule has 146 valence electrons. The first kappa shape index (κ1) is 20.5. The average Bonchev–Trinajstić information content (AvgIpc) is 3.30. The predicted octanol–water partition coefficient (Wildman–Crippen LogP) is 2.75. The summed E-state index contributed by atoms with van der Waals surface area (Å²) in [5.74, 6) is 0.949. The highest BCUT2D eigenvalue weighted by Crippen LogP contribution is 2.30. The Balaban J connectivity index is 1.91. The van der Waals surface area contributed by atoms with Gasteiger partial charge >= 0.3 is 0 Å². The third kappa shape index (κ3) is 5.85. The van der Waals surface area contributed by atoms with Crippen LogP contribution < -0.4 is 10.6 Å². The molecule has 1 atom stereocenters. The zero-order chi connectivity index (χ0) is 18.1. The van der Waals surface area contributed by atoms with Crippen LogP contribution in [0.5, 0.6) is 0 Å². The van der Waals surface area contributed by atoms with Crippen molar-refractivity contribution in [1.82, 2.24) is 15.5 Å². The lowest BCUT2D eigenvalue weighted by Crippen LogP contribution is -2.45. The van der Waals surface area contributed by atoms with Gasteiger partial charge in [0, 0.05) is 44.9 Å². The normalized spacial score (nSPS) is 23.4. The van der Waals surface area contributed by atoms with Gasteiger partial charge < -0.3 is 15.7 Å². The summed E-state index contributed by atoms with van der Waals surface area (Å²) < 4.78 is 0. The third-order valence-electron chi connectivity index (χ3n) is 6.46. The van der Waals surface area contributed by atoms with Crippen LogP contribution in [0.15, 0.2) is 4.99 Å². The molecule has 1 saturated heterocycles. The molecule has 2 fully saturated rings. The molecule has 0 aromatic heterocycles. The highest BCUT2D eigenvalue weighted by Gasteiger charge is 2.30. The summed E-state index contributed by atoms with van der Waals surface area (Å²) in [4.78, 5) is 7.58. The molecule has 25 heavy (non-hydrogen) atoms. The second kappa shape index (κ2) is 10.4. The Kier molecular flexibility index (Phi) is 8.50. The molecule has 0 aromatic carbocycles. The molecule has 5 heteroatoms. The van der Waals surface area contributed by atoms with Crippen LogP contribution in [0.25, 0.3) is 0 Å². The number of hydrogen-bond donors (Lipinski definition) is 3. The van der Waals surface area contributed by atoms with Crippen LogP contribution in [0, 0.1) is 5.41 Å². The van der Waals surface area contributed by atoms with Gasteiger partial charge in [-0.25, -0.2) is 0 Å². The SMILES string of the molecule is CCNC(=NCC(CC)(CC)CCO)NC1CCN(C2CCCC2)C1. The number of aliphatic imine (C=N–C) groups is 1. The maximum Gasteiger partial charge on any atom is 0.191 e. The maximum atomic E-state index is 9.41. The molecule has 1 heterocycles. The lowest BCUT2D eigenvalue weighted by molar-refractivity contribution is 0.175. The minimum atomic E-state index is 0.128. The minimum Gasteiger partial charge on any atom is -0.396 e. The Morgan fingerprint density at radius 2 is 1.88 bits per heavy atom. The van der Waals surface area contributed by atoms with Crippen molar-refractivity contribution < 1.29 is 5.11 Å². The van der Waals surface area contributed by atoms with Gasteiger partial charge in [0.05, 0.1) is 0 Å². The van der Waals surface area contributed by atoms with E-state index in [1.165, 1.54) is 38.6 Å². The molecule has 1 aliphatic heterocycles. The van der Waals surface area contributed by atoms with E-state index in [1.54, 1.807) is 0 Å². The largest absolute Gasteiger partial charge is 0.396 e. The van der Waals surface area contributed by atoms with Crippen molar-refractivity contribution in [3.63, 3.8) is 0 Å². The van der Waals surface area contributed by atoms with Crippen LogP contribution in [-0.2, 0) is 0 Å². The van der Waals surface area contributed by atoms with E-state index in [0.717, 1.165) is 50.9 Å². The molecular weight excluding hydrogens is 312 g/mol. The predicted molar refractivity (Wildman–Crippen MR) is 106 cm³/mol. The zero-order valence-corrected chi connectivity index (χ0v) is 16.7. The number of nitrogens with one attached hydrogen (secondary N) is 2. The zero-order valence-electron chi connectivity index (χ0n) is 16.7. The van der Waals surface area contributed by atoms with E-state index in [2.05, 4.69) is 36.3 Å². The van der Waals surface area contributed by atoms with Crippen molar-refractivity contribution in [3.05, 3.63) is 0 Å². The molecular formula is C20H40N4O. The Morgan fingerprint density at radius 3 is 2.48 bits per heavy atom. The van der Waals surface area contributed by atoms with E-state index in [0.29, 0.717) is 6.04 Å². The molecule has 0 aromatic rings. The van der Waals surface area contributed by atoms with Crippen LogP contribution >= 0.6 is 0 Å². The fourth-order valence-electron chi connectivity index (χ4n) is 4.41. The van der Waals surface area contributed by atoms with Crippen LogP contribution in [0.1, 0.15) is 72.1 Å². The first-order valence-electron chi connectivity index (χ1n) is 10.6. The Morgan fingerprint density at radius 1 is 1.16 bits per heavy atom. The molecule has 0 spiro atoms. The number of rotatable bonds is 9. The molecule has 2 rings (SSSR count). The lowest BCUT2D eigenvalue weighted by Gasteiger charge is -2.30. The number of likely N-dealkylation sites (tertiary alicyclic amines) is 1. The van der Waals surface area contributed by atoms with Crippen molar-refractivity contribution in [2.75, 3.05) is 32.8 Å². The fourth-order valence-corrected chi connectivity index (χ4v) is 4.41. The smallest absolute Gasteiger partial charge is 0.191 e. The summed E-state index contributed by atoms with van der Waals surface area (Å²) >= 11 is 0. The van der Waals surface area contributed by atoms with Gasteiger partial charge in [0.15, 0.2) is 5.96 Å². The summed E-state index contributed by atoms with van der Waals surface area (Å²) in [7, 11) is 0. The summed E-state index contributed by atoms with van der Waals surface area (Å²) in [5, 5.41) is 16.5. The minimum absolute atomic E-state index is 0.128. The van der Waals surface area contributed by atoms with Crippen LogP contribution in [0.3, 0.4) is 0 Å². The van der Waals surface area contributed by atoms with Crippen molar-refractivity contribution in [2.45, 2.75) is 84.2 Å². The van der Waals surface area contributed by atoms with Gasteiger partial charge in [-0.3, -0.25) is 9.89 Å². The molecule has 2 aliphatic rings. The number of aliphatic hydroxyl groups is 1. The van der Waals surface area contributed by atoms with Crippen LogP contribution in [0.4, 0.5) is 0 Å². The summed E-state index contributed by atoms with van der Waals surface area (Å²) in [6.07, 6.45) is 9.76. The Bertz CT molecular complexity index is 403. The van der Waals surface area contributed by atoms with E-state index in [9.17, 15) is 5.11 Å². The monoisotopic (exact) mass is 352 g/mol. The first-order chi connectivity index (χ1) is 12.2. The van der Waals surface area contributed by atoms with Gasteiger partial charge in [-0.2, -0.15) is 0 Å². The fraction of sp³-hybridized carbons (Fsp3) is 0.950. The van der Waals surface area contributed by atoms with Crippen LogP contribution in [-0.4, -0.2) is 60.8 Å². The third-order valence-corrected chi connectivity index (χ3v) is 6.46. The van der Waals surface area contributed by atoms with E-state index in [4.69, 9.17) is 4.99 Å². The summed E-state index contributed by atoms with van der Waals surface area (Å²) in [6, 6.07) is 1.33. The second-order valence-electron chi connectivity index (χ2n) is 7.94. The Labute approximate surface area is 154 Å². The molecule has 1 unspecified atom stereocenters. The topological polar surface area (TPSA) is 59.9 Å². The highest BCUT2D eigenvalue weighted by atomic mass is 16.3. The molecule has 1 saturated carbocycles.